The molecule has 7 nitrogen and oxygen atoms in total. The Morgan fingerprint density at radius 2 is 2.07 bits per heavy atom. The zero-order valence-corrected chi connectivity index (χ0v) is 17.1. The Morgan fingerprint density at radius 3 is 2.79 bits per heavy atom. The van der Waals surface area contributed by atoms with Crippen LogP contribution in [0.5, 0.6) is 17.2 Å². The van der Waals surface area contributed by atoms with Gasteiger partial charge in [-0.1, -0.05) is 12.5 Å². The number of phenolic OH excluding ortho intramolecular Hbond substituents is 1. The first-order valence-electron chi connectivity index (χ1n) is 8.67. The number of terminal acetylenes is 1. The topological polar surface area (TPSA) is 104 Å². The van der Waals surface area contributed by atoms with Gasteiger partial charge in [0.2, 0.25) is 5.56 Å². The largest absolute Gasteiger partial charge is 0.506 e. The monoisotopic (exact) mass is 458 g/mol. The third kappa shape index (κ3) is 4.54. The summed E-state index contributed by atoms with van der Waals surface area (Å²) >= 11 is 3.40. The number of hydrogen-bond acceptors (Lipinski definition) is 6. The van der Waals surface area contributed by atoms with E-state index < -0.39 is 6.10 Å². The van der Waals surface area contributed by atoms with Gasteiger partial charge in [0.25, 0.3) is 0 Å². The normalized spacial score (nSPS) is 11.8. The molecule has 0 aliphatic carbocycles. The van der Waals surface area contributed by atoms with Gasteiger partial charge >= 0.3 is 0 Å². The standard InChI is InChI=1S/C21H19BrN2O5/c1-3-29-19-9-18(28-2)12(8-15(19)22)10-23-11-17(26)13-4-6-16(25)21-14(13)5-7-20(27)24-21/h1,4-9,17,23,25-26H,10-11H2,2H3,(H,24,27)/t17-/m0/s1. The Labute approximate surface area is 175 Å². The molecule has 8 heteroatoms. The summed E-state index contributed by atoms with van der Waals surface area (Å²) in [5, 5.41) is 24.4. The van der Waals surface area contributed by atoms with Gasteiger partial charge in [0, 0.05) is 36.2 Å². The van der Waals surface area contributed by atoms with Crippen LogP contribution in [-0.2, 0) is 6.54 Å². The van der Waals surface area contributed by atoms with E-state index in [1.807, 2.05) is 6.07 Å². The number of aromatic hydroxyl groups is 1. The molecule has 0 fully saturated rings. The predicted molar refractivity (Wildman–Crippen MR) is 113 cm³/mol. The van der Waals surface area contributed by atoms with Crippen molar-refractivity contribution >= 4 is 26.8 Å². The molecular formula is C21H19BrN2O5. The number of nitrogens with one attached hydrogen (secondary N) is 2. The van der Waals surface area contributed by atoms with E-state index in [-0.39, 0.29) is 17.9 Å². The highest BCUT2D eigenvalue weighted by Gasteiger charge is 2.15. The van der Waals surface area contributed by atoms with E-state index in [1.54, 1.807) is 25.3 Å². The number of phenols is 1. The minimum absolute atomic E-state index is 0.0505. The lowest BCUT2D eigenvalue weighted by molar-refractivity contribution is 0.175. The molecule has 150 valence electrons. The van der Waals surface area contributed by atoms with Crippen molar-refractivity contribution in [3.63, 3.8) is 0 Å². The Hall–Kier alpha value is -2.99. The van der Waals surface area contributed by atoms with Crippen LogP contribution in [0.2, 0.25) is 0 Å². The van der Waals surface area contributed by atoms with Gasteiger partial charge in [0.1, 0.15) is 17.6 Å². The highest BCUT2D eigenvalue weighted by Crippen LogP contribution is 2.33. The average molecular weight is 459 g/mol. The van der Waals surface area contributed by atoms with E-state index in [1.165, 1.54) is 12.1 Å². The maximum atomic E-state index is 11.5. The summed E-state index contributed by atoms with van der Waals surface area (Å²) < 4.78 is 11.1. The van der Waals surface area contributed by atoms with Crippen LogP contribution in [0, 0.1) is 12.5 Å². The molecular weight excluding hydrogens is 440 g/mol. The van der Waals surface area contributed by atoms with Crippen molar-refractivity contribution in [1.82, 2.24) is 10.3 Å². The first-order valence-corrected chi connectivity index (χ1v) is 9.46. The van der Waals surface area contributed by atoms with Crippen molar-refractivity contribution in [2.24, 2.45) is 0 Å². The van der Waals surface area contributed by atoms with Crippen LogP contribution < -0.4 is 20.3 Å². The van der Waals surface area contributed by atoms with E-state index in [0.29, 0.717) is 39.0 Å². The second-order valence-electron chi connectivity index (χ2n) is 6.25. The SMILES string of the molecule is C#COc1cc(OC)c(CNC[C@H](O)c2ccc(O)c3[nH]c(=O)ccc23)cc1Br. The maximum Gasteiger partial charge on any atom is 0.248 e. The van der Waals surface area contributed by atoms with Crippen LogP contribution >= 0.6 is 15.9 Å². The number of benzene rings is 2. The molecule has 0 bridgehead atoms. The molecule has 2 aromatic carbocycles. The molecule has 1 atom stereocenters. The highest BCUT2D eigenvalue weighted by atomic mass is 79.9. The van der Waals surface area contributed by atoms with Gasteiger partial charge in [-0.25, -0.2) is 0 Å². The molecule has 3 rings (SSSR count). The van der Waals surface area contributed by atoms with Crippen molar-refractivity contribution in [3.8, 4) is 29.8 Å². The van der Waals surface area contributed by atoms with Crippen molar-refractivity contribution in [1.29, 1.82) is 0 Å². The molecule has 0 radical (unpaired) electrons. The Bertz CT molecular complexity index is 1140. The number of pyridine rings is 1. The van der Waals surface area contributed by atoms with Gasteiger partial charge in [0.05, 0.1) is 23.2 Å². The Kier molecular flexibility index (Phi) is 6.44. The molecule has 3 aromatic rings. The summed E-state index contributed by atoms with van der Waals surface area (Å²) in [4.78, 5) is 14.1. The third-order valence-electron chi connectivity index (χ3n) is 4.42. The fraction of sp³-hybridized carbons (Fsp3) is 0.190. The van der Waals surface area contributed by atoms with E-state index in [2.05, 4.69) is 32.3 Å². The molecule has 4 N–H and O–H groups in total. The van der Waals surface area contributed by atoms with E-state index in [0.717, 1.165) is 5.56 Å². The quantitative estimate of drug-likeness (QED) is 0.406. The van der Waals surface area contributed by atoms with Crippen LogP contribution in [-0.4, -0.2) is 28.9 Å². The zero-order chi connectivity index (χ0) is 21.0. The lowest BCUT2D eigenvalue weighted by Gasteiger charge is -2.16. The number of aliphatic hydroxyl groups is 1. The molecule has 0 unspecified atom stereocenters. The molecule has 29 heavy (non-hydrogen) atoms. The fourth-order valence-corrected chi connectivity index (χ4v) is 3.52. The third-order valence-corrected chi connectivity index (χ3v) is 5.04. The second kappa shape index (κ2) is 9.01. The first-order chi connectivity index (χ1) is 13.9. The number of hydrogen-bond donors (Lipinski definition) is 4. The maximum absolute atomic E-state index is 11.5. The predicted octanol–water partition coefficient (Wildman–Crippen LogP) is 2.80. The van der Waals surface area contributed by atoms with Gasteiger partial charge in [-0.05, 0) is 39.7 Å². The van der Waals surface area contributed by atoms with Crippen molar-refractivity contribution in [3.05, 3.63) is 62.4 Å². The minimum atomic E-state index is -0.859. The highest BCUT2D eigenvalue weighted by molar-refractivity contribution is 9.10. The van der Waals surface area contributed by atoms with Crippen molar-refractivity contribution < 1.29 is 19.7 Å². The van der Waals surface area contributed by atoms with Crippen molar-refractivity contribution in [2.75, 3.05) is 13.7 Å². The first kappa shape index (κ1) is 20.7. The van der Waals surface area contributed by atoms with Crippen LogP contribution in [0.4, 0.5) is 0 Å². The van der Waals surface area contributed by atoms with Gasteiger partial charge in [-0.15, -0.1) is 0 Å². The van der Waals surface area contributed by atoms with Crippen molar-refractivity contribution in [2.45, 2.75) is 12.6 Å². The summed E-state index contributed by atoms with van der Waals surface area (Å²) in [7, 11) is 1.55. The average Bonchev–Trinajstić information content (AvgIpc) is 2.70. The number of methoxy groups -OCH3 is 1. The minimum Gasteiger partial charge on any atom is -0.506 e. The second-order valence-corrected chi connectivity index (χ2v) is 7.10. The van der Waals surface area contributed by atoms with Gasteiger partial charge < -0.3 is 30.0 Å². The lowest BCUT2D eigenvalue weighted by Crippen LogP contribution is -2.21. The number of ether oxygens (including phenoxy) is 2. The van der Waals surface area contributed by atoms with Crippen LogP contribution in [0.15, 0.2) is 45.7 Å². The summed E-state index contributed by atoms with van der Waals surface area (Å²) in [6, 6.07) is 9.52. The molecule has 0 amide bonds. The molecule has 1 aromatic heterocycles. The van der Waals surface area contributed by atoms with Gasteiger partial charge in [-0.2, -0.15) is 0 Å². The lowest BCUT2D eigenvalue weighted by atomic mass is 10.0. The summed E-state index contributed by atoms with van der Waals surface area (Å²) in [6.45, 7) is 0.657. The van der Waals surface area contributed by atoms with E-state index in [4.69, 9.17) is 15.9 Å². The number of aromatic amines is 1. The zero-order valence-electron chi connectivity index (χ0n) is 15.5. The number of aromatic nitrogens is 1. The summed E-state index contributed by atoms with van der Waals surface area (Å²) in [5.41, 5.74) is 1.40. The van der Waals surface area contributed by atoms with Crippen LogP contribution in [0.3, 0.4) is 0 Å². The number of H-pyrrole nitrogens is 1. The molecule has 0 aliphatic heterocycles. The van der Waals surface area contributed by atoms with Gasteiger partial charge in [0.15, 0.2) is 5.75 Å². The Morgan fingerprint density at radius 1 is 1.28 bits per heavy atom. The fourth-order valence-electron chi connectivity index (χ4n) is 3.05. The van der Waals surface area contributed by atoms with Gasteiger partial charge in [-0.3, -0.25) is 4.79 Å². The summed E-state index contributed by atoms with van der Waals surface area (Å²) in [6.07, 6.45) is 6.44. The number of aliphatic hydroxyl groups excluding tert-OH is 1. The molecule has 0 spiro atoms. The number of fused-ring (bicyclic) bond motifs is 1. The smallest absolute Gasteiger partial charge is 0.248 e. The molecule has 0 saturated carbocycles. The molecule has 0 aliphatic rings. The van der Waals surface area contributed by atoms with E-state index in [9.17, 15) is 15.0 Å². The molecule has 0 saturated heterocycles. The summed E-state index contributed by atoms with van der Waals surface area (Å²) in [5.74, 6) is 1.01. The van der Waals surface area contributed by atoms with E-state index >= 15 is 0 Å². The number of rotatable bonds is 7. The molecule has 1 heterocycles. The van der Waals surface area contributed by atoms with Crippen LogP contribution in [0.25, 0.3) is 10.9 Å². The van der Waals surface area contributed by atoms with Crippen LogP contribution in [0.1, 0.15) is 17.2 Å². The number of halogens is 1. The Balaban J connectivity index is 1.76.